The fraction of sp³-hybridized carbons (Fsp3) is 0.167. The van der Waals surface area contributed by atoms with Crippen molar-refractivity contribution in [2.75, 3.05) is 0 Å². The van der Waals surface area contributed by atoms with Gasteiger partial charge < -0.3 is 5.32 Å². The van der Waals surface area contributed by atoms with Crippen molar-refractivity contribution >= 4 is 16.8 Å². The molecule has 124 valence electrons. The first-order chi connectivity index (χ1) is 12.1. The van der Waals surface area contributed by atoms with Crippen LogP contribution in [0.1, 0.15) is 24.1 Å². The summed E-state index contributed by atoms with van der Waals surface area (Å²) in [6.45, 7) is 1.62. The topological polar surface area (TPSA) is 101 Å². The van der Waals surface area contributed by atoms with Gasteiger partial charge in [0.15, 0.2) is 0 Å². The summed E-state index contributed by atoms with van der Waals surface area (Å²) in [5.41, 5.74) is 1.56. The number of nitriles is 1. The van der Waals surface area contributed by atoms with Crippen LogP contribution in [0.4, 0.5) is 0 Å². The molecule has 1 N–H and O–H groups in total. The maximum Gasteiger partial charge on any atom is 0.278 e. The highest BCUT2D eigenvalue weighted by molar-refractivity contribution is 5.78. The lowest BCUT2D eigenvalue weighted by atomic mass is 10.1. The molecule has 3 rings (SSSR count). The Bertz CT molecular complexity index is 1020. The van der Waals surface area contributed by atoms with E-state index in [2.05, 4.69) is 15.6 Å². The fourth-order valence-corrected chi connectivity index (χ4v) is 2.48. The van der Waals surface area contributed by atoms with Crippen molar-refractivity contribution in [1.29, 1.82) is 5.26 Å². The van der Waals surface area contributed by atoms with E-state index in [1.54, 1.807) is 48.5 Å². The lowest BCUT2D eigenvalue weighted by molar-refractivity contribution is -0.122. The van der Waals surface area contributed by atoms with Gasteiger partial charge in [-0.15, -0.1) is 5.10 Å². The first-order valence-electron chi connectivity index (χ1n) is 7.70. The normalized spacial score (nSPS) is 11.7. The van der Waals surface area contributed by atoms with E-state index in [9.17, 15) is 9.59 Å². The summed E-state index contributed by atoms with van der Waals surface area (Å²) in [6, 6.07) is 15.6. The molecule has 0 radical (unpaired) electrons. The summed E-state index contributed by atoms with van der Waals surface area (Å²) in [5.74, 6) is -0.344. The number of carbonyl (C=O) groups is 1. The molecule has 0 aliphatic heterocycles. The fourth-order valence-electron chi connectivity index (χ4n) is 2.48. The molecule has 7 nitrogen and oxygen atoms in total. The molecule has 7 heteroatoms. The van der Waals surface area contributed by atoms with Crippen molar-refractivity contribution in [3.8, 4) is 6.07 Å². The Balaban J connectivity index is 1.73. The van der Waals surface area contributed by atoms with Gasteiger partial charge >= 0.3 is 0 Å². The summed E-state index contributed by atoms with van der Waals surface area (Å²) in [5, 5.41) is 19.8. The summed E-state index contributed by atoms with van der Waals surface area (Å²) < 4.78 is 1.04. The van der Waals surface area contributed by atoms with Crippen LogP contribution in [0, 0.1) is 11.3 Å². The van der Waals surface area contributed by atoms with Gasteiger partial charge in [0.2, 0.25) is 5.91 Å². The lowest BCUT2D eigenvalue weighted by Gasteiger charge is -2.14. The first kappa shape index (κ1) is 16.3. The molecule has 25 heavy (non-hydrogen) atoms. The number of nitrogens with zero attached hydrogens (tertiary/aromatic N) is 4. The van der Waals surface area contributed by atoms with E-state index in [-0.39, 0.29) is 24.1 Å². The van der Waals surface area contributed by atoms with E-state index in [1.807, 2.05) is 13.0 Å². The van der Waals surface area contributed by atoms with Crippen LogP contribution >= 0.6 is 0 Å². The Morgan fingerprint density at radius 3 is 2.68 bits per heavy atom. The maximum atomic E-state index is 12.3. The van der Waals surface area contributed by atoms with Crippen LogP contribution in [0.15, 0.2) is 53.3 Å². The van der Waals surface area contributed by atoms with Gasteiger partial charge in [0.1, 0.15) is 12.1 Å². The van der Waals surface area contributed by atoms with E-state index in [0.717, 1.165) is 10.2 Å². The van der Waals surface area contributed by atoms with Gasteiger partial charge in [0, 0.05) is 0 Å². The molecule has 0 saturated carbocycles. The molecule has 2 aromatic carbocycles. The molecule has 1 atom stereocenters. The highest BCUT2D eigenvalue weighted by atomic mass is 16.2. The Hall–Kier alpha value is -3.53. The molecule has 0 bridgehead atoms. The zero-order chi connectivity index (χ0) is 17.8. The van der Waals surface area contributed by atoms with E-state index in [4.69, 9.17) is 5.26 Å². The van der Waals surface area contributed by atoms with Crippen LogP contribution in [-0.4, -0.2) is 20.9 Å². The minimum absolute atomic E-state index is 0.211. The van der Waals surface area contributed by atoms with Gasteiger partial charge in [0.25, 0.3) is 5.56 Å². The highest BCUT2D eigenvalue weighted by Gasteiger charge is 2.13. The maximum absolute atomic E-state index is 12.3. The molecule has 1 amide bonds. The zero-order valence-corrected chi connectivity index (χ0v) is 13.5. The van der Waals surface area contributed by atoms with Gasteiger partial charge in [-0.3, -0.25) is 9.59 Å². The quantitative estimate of drug-likeness (QED) is 0.780. The number of rotatable bonds is 4. The minimum atomic E-state index is -0.355. The largest absolute Gasteiger partial charge is 0.348 e. The van der Waals surface area contributed by atoms with Gasteiger partial charge in [-0.05, 0) is 36.8 Å². The summed E-state index contributed by atoms with van der Waals surface area (Å²) >= 11 is 0. The SMILES string of the molecule is CC(NC(=O)Cn1nnc2ccccc2c1=O)c1ccc(C#N)cc1. The molecule has 0 spiro atoms. The third kappa shape index (κ3) is 3.53. The number of hydrogen-bond donors (Lipinski definition) is 1. The zero-order valence-electron chi connectivity index (χ0n) is 13.5. The predicted octanol–water partition coefficient (Wildman–Crippen LogP) is 1.54. The number of fused-ring (bicyclic) bond motifs is 1. The van der Waals surface area contributed by atoms with Crippen molar-refractivity contribution in [3.63, 3.8) is 0 Å². The van der Waals surface area contributed by atoms with Gasteiger partial charge in [-0.25, -0.2) is 4.68 Å². The van der Waals surface area contributed by atoms with E-state index < -0.39 is 0 Å². The number of carbonyl (C=O) groups excluding carboxylic acids is 1. The third-order valence-corrected chi connectivity index (χ3v) is 3.84. The molecule has 0 aliphatic carbocycles. The lowest BCUT2D eigenvalue weighted by Crippen LogP contribution is -2.35. The molecule has 3 aromatic rings. The van der Waals surface area contributed by atoms with Crippen LogP contribution in [0.3, 0.4) is 0 Å². The smallest absolute Gasteiger partial charge is 0.278 e. The molecule has 1 heterocycles. The molecule has 0 saturated heterocycles. The molecule has 0 aliphatic rings. The standard InChI is InChI=1S/C18H15N5O2/c1-12(14-8-6-13(10-19)7-9-14)20-17(24)11-23-18(25)15-4-2-3-5-16(15)21-22-23/h2-9,12H,11H2,1H3,(H,20,24). The van der Waals surface area contributed by atoms with Crippen LogP contribution in [-0.2, 0) is 11.3 Å². The van der Waals surface area contributed by atoms with Gasteiger partial charge in [-0.1, -0.05) is 29.5 Å². The second-order valence-corrected chi connectivity index (χ2v) is 5.59. The minimum Gasteiger partial charge on any atom is -0.348 e. The van der Waals surface area contributed by atoms with Crippen molar-refractivity contribution in [1.82, 2.24) is 20.3 Å². The second kappa shape index (κ2) is 6.93. The first-order valence-corrected chi connectivity index (χ1v) is 7.70. The average Bonchev–Trinajstić information content (AvgIpc) is 2.64. The number of hydrogen-bond acceptors (Lipinski definition) is 5. The van der Waals surface area contributed by atoms with Crippen LogP contribution in [0.5, 0.6) is 0 Å². The van der Waals surface area contributed by atoms with E-state index in [0.29, 0.717) is 16.5 Å². The molecule has 1 unspecified atom stereocenters. The van der Waals surface area contributed by atoms with Crippen LogP contribution in [0.25, 0.3) is 10.9 Å². The number of nitrogens with one attached hydrogen (secondary N) is 1. The molecule has 1 aromatic heterocycles. The van der Waals surface area contributed by atoms with Gasteiger partial charge in [0.05, 0.1) is 23.1 Å². The second-order valence-electron chi connectivity index (χ2n) is 5.59. The van der Waals surface area contributed by atoms with Crippen molar-refractivity contribution in [2.45, 2.75) is 19.5 Å². The van der Waals surface area contributed by atoms with Crippen molar-refractivity contribution in [2.24, 2.45) is 0 Å². The third-order valence-electron chi connectivity index (χ3n) is 3.84. The van der Waals surface area contributed by atoms with E-state index in [1.165, 1.54) is 0 Å². The molecular weight excluding hydrogens is 318 g/mol. The average molecular weight is 333 g/mol. The van der Waals surface area contributed by atoms with Crippen molar-refractivity contribution < 1.29 is 4.79 Å². The van der Waals surface area contributed by atoms with Crippen LogP contribution in [0.2, 0.25) is 0 Å². The van der Waals surface area contributed by atoms with Crippen molar-refractivity contribution in [3.05, 3.63) is 70.0 Å². The Kier molecular flexibility index (Phi) is 4.53. The van der Waals surface area contributed by atoms with E-state index >= 15 is 0 Å². The number of benzene rings is 2. The number of amides is 1. The van der Waals surface area contributed by atoms with Crippen LogP contribution < -0.4 is 10.9 Å². The summed E-state index contributed by atoms with van der Waals surface area (Å²) in [6.07, 6.45) is 0. The summed E-state index contributed by atoms with van der Waals surface area (Å²) in [4.78, 5) is 24.6. The summed E-state index contributed by atoms with van der Waals surface area (Å²) in [7, 11) is 0. The number of aromatic nitrogens is 3. The Morgan fingerprint density at radius 2 is 1.96 bits per heavy atom. The monoisotopic (exact) mass is 333 g/mol. The molecular formula is C18H15N5O2. The van der Waals surface area contributed by atoms with Gasteiger partial charge in [-0.2, -0.15) is 5.26 Å². The highest BCUT2D eigenvalue weighted by Crippen LogP contribution is 2.13. The predicted molar refractivity (Wildman–Crippen MR) is 91.5 cm³/mol. The Labute approximate surface area is 143 Å². The molecule has 0 fully saturated rings. The Morgan fingerprint density at radius 1 is 1.24 bits per heavy atom.